The van der Waals surface area contributed by atoms with Gasteiger partial charge in [0, 0.05) is 17.4 Å². The highest BCUT2D eigenvalue weighted by atomic mass is 16.6. The van der Waals surface area contributed by atoms with Gasteiger partial charge >= 0.3 is 0 Å². The Labute approximate surface area is 211 Å². The first-order chi connectivity index (χ1) is 17.5. The van der Waals surface area contributed by atoms with Gasteiger partial charge in [0.05, 0.1) is 19.2 Å². The lowest BCUT2D eigenvalue weighted by Crippen LogP contribution is -2.33. The smallest absolute Gasteiger partial charge is 0.239 e. The van der Waals surface area contributed by atoms with Crippen molar-refractivity contribution in [1.82, 2.24) is 9.47 Å². The average molecular weight is 487 g/mol. The lowest BCUT2D eigenvalue weighted by molar-refractivity contribution is -0.117. The molecular formula is C28H30N4O4. The molecule has 2 aromatic carbocycles. The number of hydrogen-bond donors (Lipinski definition) is 1. The Hall–Kier alpha value is -3.96. The second-order valence-electron chi connectivity index (χ2n) is 9.16. The molecule has 186 valence electrons. The molecule has 1 N–H and O–H groups in total. The second-order valence-corrected chi connectivity index (χ2v) is 9.16. The number of rotatable bonds is 6. The summed E-state index contributed by atoms with van der Waals surface area (Å²) in [5.41, 5.74) is 4.20. The van der Waals surface area contributed by atoms with Gasteiger partial charge in [0.25, 0.3) is 0 Å². The van der Waals surface area contributed by atoms with Crippen LogP contribution in [0.1, 0.15) is 41.3 Å². The molecule has 8 heteroatoms. The van der Waals surface area contributed by atoms with Crippen LogP contribution in [0.4, 0.5) is 5.82 Å². The number of methoxy groups -OCH3 is 1. The first-order valence-corrected chi connectivity index (χ1v) is 12.2. The number of hydrogen-bond acceptors (Lipinski definition) is 6. The van der Waals surface area contributed by atoms with Gasteiger partial charge in [0.15, 0.2) is 11.5 Å². The van der Waals surface area contributed by atoms with Gasteiger partial charge in [0.1, 0.15) is 30.9 Å². The Balaban J connectivity index is 1.38. The van der Waals surface area contributed by atoms with Crippen LogP contribution in [0.5, 0.6) is 17.2 Å². The molecule has 0 aliphatic carbocycles. The maximum atomic E-state index is 13.3. The monoisotopic (exact) mass is 486 g/mol. The van der Waals surface area contributed by atoms with Gasteiger partial charge < -0.3 is 19.5 Å². The van der Waals surface area contributed by atoms with Crippen molar-refractivity contribution in [3.63, 3.8) is 0 Å². The van der Waals surface area contributed by atoms with Crippen molar-refractivity contribution in [2.75, 3.05) is 38.7 Å². The number of benzene rings is 2. The van der Waals surface area contributed by atoms with Gasteiger partial charge in [-0.3, -0.25) is 14.3 Å². The van der Waals surface area contributed by atoms with Crippen LogP contribution in [0.25, 0.3) is 5.69 Å². The molecule has 1 atom stereocenters. The molecule has 1 saturated heterocycles. The highest BCUT2D eigenvalue weighted by Gasteiger charge is 2.30. The highest BCUT2D eigenvalue weighted by Crippen LogP contribution is 2.38. The summed E-state index contributed by atoms with van der Waals surface area (Å²) in [6.45, 7) is 6.02. The predicted octanol–water partition coefficient (Wildman–Crippen LogP) is 4.52. The van der Waals surface area contributed by atoms with Crippen molar-refractivity contribution in [3.8, 4) is 29.0 Å². The Morgan fingerprint density at radius 3 is 2.61 bits per heavy atom. The average Bonchev–Trinajstić information content (AvgIpc) is 3.45. The zero-order chi connectivity index (χ0) is 25.2. The molecule has 36 heavy (non-hydrogen) atoms. The second kappa shape index (κ2) is 9.96. The lowest BCUT2D eigenvalue weighted by Gasteiger charge is -2.26. The van der Waals surface area contributed by atoms with E-state index in [0.717, 1.165) is 59.1 Å². The fourth-order valence-electron chi connectivity index (χ4n) is 5.13. The summed E-state index contributed by atoms with van der Waals surface area (Å²) >= 11 is 0. The molecule has 3 aromatic rings. The fourth-order valence-corrected chi connectivity index (χ4v) is 5.13. The number of nitriles is 1. The molecule has 1 amide bonds. The molecule has 1 aromatic heterocycles. The highest BCUT2D eigenvalue weighted by molar-refractivity contribution is 5.93. The van der Waals surface area contributed by atoms with Crippen molar-refractivity contribution < 1.29 is 19.0 Å². The number of aromatic nitrogens is 1. The van der Waals surface area contributed by atoms with Gasteiger partial charge in [-0.05, 0) is 80.8 Å². The van der Waals surface area contributed by atoms with Crippen molar-refractivity contribution >= 4 is 11.7 Å². The number of carbonyl (C=O) groups excluding carboxylic acids is 1. The van der Waals surface area contributed by atoms with Crippen molar-refractivity contribution in [2.45, 2.75) is 32.7 Å². The molecule has 0 unspecified atom stereocenters. The van der Waals surface area contributed by atoms with Crippen molar-refractivity contribution in [1.29, 1.82) is 5.26 Å². The predicted molar refractivity (Wildman–Crippen MR) is 136 cm³/mol. The molecule has 5 rings (SSSR count). The van der Waals surface area contributed by atoms with Crippen LogP contribution in [-0.2, 0) is 4.79 Å². The molecule has 0 radical (unpaired) electrons. The van der Waals surface area contributed by atoms with E-state index in [2.05, 4.69) is 22.4 Å². The maximum Gasteiger partial charge on any atom is 0.239 e. The van der Waals surface area contributed by atoms with Crippen LogP contribution < -0.4 is 19.5 Å². The number of carbonyl (C=O) groups is 1. The number of nitrogens with zero attached hydrogens (tertiary/aromatic N) is 3. The minimum atomic E-state index is -0.150. The largest absolute Gasteiger partial charge is 0.497 e. The number of ether oxygens (including phenoxy) is 3. The SMILES string of the molecule is COc1ccc(-n2c(C)c(C)c(C#N)c2NC(=O)CN2CCC[C@@H]2c2ccc3c(c2)OCCO3)cc1. The molecule has 1 fully saturated rings. The van der Waals surface area contributed by atoms with Gasteiger partial charge in [-0.2, -0.15) is 5.26 Å². The van der Waals surface area contributed by atoms with E-state index in [0.29, 0.717) is 24.6 Å². The Morgan fingerprint density at radius 2 is 1.89 bits per heavy atom. The normalized spacial score (nSPS) is 17.0. The third-order valence-corrected chi connectivity index (χ3v) is 7.08. The van der Waals surface area contributed by atoms with E-state index in [9.17, 15) is 10.1 Å². The molecule has 3 heterocycles. The molecule has 2 aliphatic rings. The van der Waals surface area contributed by atoms with Crippen molar-refractivity contribution in [3.05, 3.63) is 64.8 Å². The summed E-state index contributed by atoms with van der Waals surface area (Å²) in [6, 6.07) is 16.0. The molecule has 0 saturated carbocycles. The Bertz CT molecular complexity index is 1320. The number of amides is 1. The van der Waals surface area contributed by atoms with Crippen LogP contribution in [-0.4, -0.2) is 48.8 Å². The van der Waals surface area contributed by atoms with Crippen LogP contribution >= 0.6 is 0 Å². The number of likely N-dealkylation sites (tertiary alicyclic amines) is 1. The minimum absolute atomic E-state index is 0.124. The minimum Gasteiger partial charge on any atom is -0.497 e. The number of anilines is 1. The van der Waals surface area contributed by atoms with Crippen LogP contribution in [0.15, 0.2) is 42.5 Å². The first kappa shape index (κ1) is 23.8. The fraction of sp³-hybridized carbons (Fsp3) is 0.357. The summed E-state index contributed by atoms with van der Waals surface area (Å²) in [7, 11) is 1.62. The molecule has 2 aliphatic heterocycles. The number of fused-ring (bicyclic) bond motifs is 1. The molecule has 0 spiro atoms. The van der Waals surface area contributed by atoms with E-state index in [-0.39, 0.29) is 18.5 Å². The van der Waals surface area contributed by atoms with Crippen LogP contribution in [0.3, 0.4) is 0 Å². The number of nitrogens with one attached hydrogen (secondary N) is 1. The third-order valence-electron chi connectivity index (χ3n) is 7.08. The van der Waals surface area contributed by atoms with Gasteiger partial charge in [-0.1, -0.05) is 6.07 Å². The van der Waals surface area contributed by atoms with E-state index in [4.69, 9.17) is 14.2 Å². The van der Waals surface area contributed by atoms with Crippen LogP contribution in [0, 0.1) is 25.2 Å². The van der Waals surface area contributed by atoms with Crippen molar-refractivity contribution in [2.24, 2.45) is 0 Å². The summed E-state index contributed by atoms with van der Waals surface area (Å²) in [4.78, 5) is 15.5. The van der Waals surface area contributed by atoms with E-state index in [1.807, 2.05) is 54.8 Å². The zero-order valence-corrected chi connectivity index (χ0v) is 20.8. The quantitative estimate of drug-likeness (QED) is 0.551. The van der Waals surface area contributed by atoms with E-state index >= 15 is 0 Å². The van der Waals surface area contributed by atoms with E-state index < -0.39 is 0 Å². The molecule has 0 bridgehead atoms. The topological polar surface area (TPSA) is 88.8 Å². The standard InChI is InChI=1S/C28H30N4O4/c1-18-19(2)32(21-7-9-22(34-3)10-8-21)28(23(18)16-29)30-27(33)17-31-12-4-5-24(31)20-6-11-25-26(15-20)36-14-13-35-25/h6-11,15,24H,4-5,12-14,17H2,1-3H3,(H,30,33)/t24-/m1/s1. The summed E-state index contributed by atoms with van der Waals surface area (Å²) < 4.78 is 18.6. The van der Waals surface area contributed by atoms with Gasteiger partial charge in [0.2, 0.25) is 5.91 Å². The van der Waals surface area contributed by atoms with Crippen LogP contribution in [0.2, 0.25) is 0 Å². The van der Waals surface area contributed by atoms with Gasteiger partial charge in [-0.15, -0.1) is 0 Å². The third kappa shape index (κ3) is 4.38. The maximum absolute atomic E-state index is 13.3. The van der Waals surface area contributed by atoms with E-state index in [1.54, 1.807) is 7.11 Å². The summed E-state index contributed by atoms with van der Waals surface area (Å²) in [6.07, 6.45) is 1.98. The first-order valence-electron chi connectivity index (χ1n) is 12.2. The Kier molecular flexibility index (Phi) is 6.57. The van der Waals surface area contributed by atoms with E-state index in [1.165, 1.54) is 0 Å². The Morgan fingerprint density at radius 1 is 1.14 bits per heavy atom. The summed E-state index contributed by atoms with van der Waals surface area (Å²) in [5.74, 6) is 2.62. The zero-order valence-electron chi connectivity index (χ0n) is 20.8. The molecular weight excluding hydrogens is 456 g/mol. The summed E-state index contributed by atoms with van der Waals surface area (Å²) in [5, 5.41) is 12.9. The van der Waals surface area contributed by atoms with Gasteiger partial charge in [-0.25, -0.2) is 0 Å². The molecule has 8 nitrogen and oxygen atoms in total. The lowest BCUT2D eigenvalue weighted by atomic mass is 10.0.